The molecule has 0 aromatic rings. The Morgan fingerprint density at radius 1 is 1.55 bits per heavy atom. The van der Waals surface area contributed by atoms with Gasteiger partial charge in [0.25, 0.3) is 0 Å². The third-order valence-corrected chi connectivity index (χ3v) is 2.06. The van der Waals surface area contributed by atoms with Crippen LogP contribution >= 0.6 is 0 Å². The lowest BCUT2D eigenvalue weighted by molar-refractivity contribution is 0.00405. The van der Waals surface area contributed by atoms with Crippen molar-refractivity contribution in [2.45, 2.75) is 25.9 Å². The van der Waals surface area contributed by atoms with Gasteiger partial charge in [-0.05, 0) is 13.3 Å². The summed E-state index contributed by atoms with van der Waals surface area (Å²) in [6.07, 6.45) is 1.01. The third kappa shape index (κ3) is 4.35. The zero-order valence-corrected chi connectivity index (χ0v) is 7.81. The van der Waals surface area contributed by atoms with E-state index in [1.54, 1.807) is 7.11 Å². The van der Waals surface area contributed by atoms with Gasteiger partial charge in [-0.15, -0.1) is 0 Å². The van der Waals surface area contributed by atoms with Crippen molar-refractivity contribution in [3.8, 4) is 0 Å². The second-order valence-corrected chi connectivity index (χ2v) is 2.97. The molecule has 0 amide bonds. The van der Waals surface area contributed by atoms with E-state index in [4.69, 9.17) is 10.5 Å². The lowest BCUT2D eigenvalue weighted by Gasteiger charge is -2.26. The Kier molecular flexibility index (Phi) is 5.46. The Morgan fingerprint density at radius 2 is 2.18 bits per heavy atom. The number of nitrogens with one attached hydrogen (secondary N) is 1. The summed E-state index contributed by atoms with van der Waals surface area (Å²) in [6, 6.07) is 0. The normalized spacial score (nSPS) is 16.4. The number of ether oxygens (including phenoxy) is 1. The summed E-state index contributed by atoms with van der Waals surface area (Å²) in [5, 5.41) is 3.23. The van der Waals surface area contributed by atoms with Gasteiger partial charge in [0.1, 0.15) is 0 Å². The van der Waals surface area contributed by atoms with Crippen LogP contribution in [-0.2, 0) is 4.74 Å². The Bertz CT molecular complexity index is 92.1. The van der Waals surface area contributed by atoms with Crippen molar-refractivity contribution in [2.24, 2.45) is 5.73 Å². The molecule has 1 unspecified atom stereocenters. The van der Waals surface area contributed by atoms with E-state index >= 15 is 0 Å². The summed E-state index contributed by atoms with van der Waals surface area (Å²) in [4.78, 5) is 0. The molecule has 0 bridgehead atoms. The topological polar surface area (TPSA) is 47.3 Å². The van der Waals surface area contributed by atoms with Crippen molar-refractivity contribution < 1.29 is 4.74 Å². The lowest BCUT2D eigenvalue weighted by atomic mass is 10.0. The molecule has 0 saturated heterocycles. The summed E-state index contributed by atoms with van der Waals surface area (Å²) in [6.45, 7) is 6.63. The molecule has 0 aliphatic rings. The number of nitrogens with two attached hydrogens (primary N) is 1. The highest BCUT2D eigenvalue weighted by Gasteiger charge is 2.19. The van der Waals surface area contributed by atoms with Crippen LogP contribution in [0.4, 0.5) is 0 Å². The molecule has 0 fully saturated rings. The predicted octanol–water partition coefficient (Wildman–Crippen LogP) is 0.350. The van der Waals surface area contributed by atoms with Crippen molar-refractivity contribution in [2.75, 3.05) is 26.7 Å². The highest BCUT2D eigenvalue weighted by molar-refractivity contribution is 4.75. The van der Waals surface area contributed by atoms with Crippen LogP contribution < -0.4 is 11.1 Å². The molecule has 68 valence electrons. The third-order valence-electron chi connectivity index (χ3n) is 2.06. The van der Waals surface area contributed by atoms with Crippen molar-refractivity contribution in [1.82, 2.24) is 5.32 Å². The van der Waals surface area contributed by atoms with Gasteiger partial charge in [0, 0.05) is 26.7 Å². The number of methoxy groups -OCH3 is 1. The van der Waals surface area contributed by atoms with Gasteiger partial charge in [-0.3, -0.25) is 0 Å². The molecule has 3 heteroatoms. The molecule has 1 atom stereocenters. The van der Waals surface area contributed by atoms with Gasteiger partial charge in [-0.2, -0.15) is 0 Å². The molecular formula is C8H20N2O. The first-order chi connectivity index (χ1) is 5.18. The zero-order chi connectivity index (χ0) is 8.74. The molecule has 0 spiro atoms. The van der Waals surface area contributed by atoms with Gasteiger partial charge in [0.05, 0.1) is 5.60 Å². The molecule has 0 aromatic carbocycles. The minimum Gasteiger partial charge on any atom is -0.377 e. The maximum Gasteiger partial charge on any atom is 0.0771 e. The van der Waals surface area contributed by atoms with Gasteiger partial charge in [-0.1, -0.05) is 6.92 Å². The van der Waals surface area contributed by atoms with Crippen LogP contribution in [0.25, 0.3) is 0 Å². The highest BCUT2D eigenvalue weighted by atomic mass is 16.5. The Labute approximate surface area is 69.3 Å². The van der Waals surface area contributed by atoms with E-state index in [0.29, 0.717) is 6.54 Å². The van der Waals surface area contributed by atoms with E-state index < -0.39 is 0 Å². The van der Waals surface area contributed by atoms with E-state index in [0.717, 1.165) is 19.5 Å². The number of rotatable bonds is 6. The van der Waals surface area contributed by atoms with Crippen LogP contribution in [-0.4, -0.2) is 32.3 Å². The first-order valence-electron chi connectivity index (χ1n) is 4.14. The lowest BCUT2D eigenvalue weighted by Crippen LogP contribution is -2.40. The fraction of sp³-hybridized carbons (Fsp3) is 1.00. The van der Waals surface area contributed by atoms with Crippen LogP contribution in [0.3, 0.4) is 0 Å². The number of hydrogen-bond acceptors (Lipinski definition) is 3. The average molecular weight is 160 g/mol. The van der Waals surface area contributed by atoms with Gasteiger partial charge in [0.15, 0.2) is 0 Å². The molecule has 0 heterocycles. The summed E-state index contributed by atoms with van der Waals surface area (Å²) < 4.78 is 5.33. The number of hydrogen-bond donors (Lipinski definition) is 2. The molecule has 0 aliphatic heterocycles. The Balaban J connectivity index is 3.51. The standard InChI is InChI=1S/C8H20N2O/c1-4-8(2,11-3)7-10-6-5-9/h10H,4-7,9H2,1-3H3. The monoisotopic (exact) mass is 160 g/mol. The highest BCUT2D eigenvalue weighted by Crippen LogP contribution is 2.11. The molecule has 3 N–H and O–H groups in total. The molecule has 0 radical (unpaired) electrons. The first kappa shape index (κ1) is 10.9. The predicted molar refractivity (Wildman–Crippen MR) is 47.6 cm³/mol. The minimum atomic E-state index is -0.0326. The zero-order valence-electron chi connectivity index (χ0n) is 7.81. The van der Waals surface area contributed by atoms with E-state index in [1.807, 2.05) is 0 Å². The molecule has 0 saturated carbocycles. The SMILES string of the molecule is CCC(C)(CNCCN)OC. The van der Waals surface area contributed by atoms with Crippen LogP contribution in [0.5, 0.6) is 0 Å². The van der Waals surface area contributed by atoms with Crippen LogP contribution in [0, 0.1) is 0 Å². The van der Waals surface area contributed by atoms with E-state index in [-0.39, 0.29) is 5.60 Å². The van der Waals surface area contributed by atoms with Gasteiger partial charge in [-0.25, -0.2) is 0 Å². The maximum absolute atomic E-state index is 5.34. The minimum absolute atomic E-state index is 0.0326. The van der Waals surface area contributed by atoms with E-state index in [9.17, 15) is 0 Å². The van der Waals surface area contributed by atoms with E-state index in [1.165, 1.54) is 0 Å². The molecule has 0 aliphatic carbocycles. The fourth-order valence-corrected chi connectivity index (χ4v) is 0.796. The van der Waals surface area contributed by atoms with Crippen molar-refractivity contribution in [3.63, 3.8) is 0 Å². The Morgan fingerprint density at radius 3 is 2.55 bits per heavy atom. The largest absolute Gasteiger partial charge is 0.377 e. The van der Waals surface area contributed by atoms with Crippen molar-refractivity contribution >= 4 is 0 Å². The van der Waals surface area contributed by atoms with Crippen molar-refractivity contribution in [3.05, 3.63) is 0 Å². The average Bonchev–Trinajstić information content (AvgIpc) is 2.05. The quantitative estimate of drug-likeness (QED) is 0.551. The second kappa shape index (κ2) is 5.52. The van der Waals surface area contributed by atoms with Gasteiger partial charge in [0.2, 0.25) is 0 Å². The molecule has 11 heavy (non-hydrogen) atoms. The van der Waals surface area contributed by atoms with Crippen LogP contribution in [0.1, 0.15) is 20.3 Å². The van der Waals surface area contributed by atoms with Gasteiger partial charge < -0.3 is 15.8 Å². The molecular weight excluding hydrogens is 140 g/mol. The Hall–Kier alpha value is -0.120. The summed E-state index contributed by atoms with van der Waals surface area (Å²) in [7, 11) is 1.74. The molecule has 3 nitrogen and oxygen atoms in total. The van der Waals surface area contributed by atoms with Crippen LogP contribution in [0.15, 0.2) is 0 Å². The molecule has 0 aromatic heterocycles. The summed E-state index contributed by atoms with van der Waals surface area (Å²) >= 11 is 0. The first-order valence-corrected chi connectivity index (χ1v) is 4.14. The maximum atomic E-state index is 5.34. The van der Waals surface area contributed by atoms with Gasteiger partial charge >= 0.3 is 0 Å². The summed E-state index contributed by atoms with van der Waals surface area (Å²) in [5.74, 6) is 0. The van der Waals surface area contributed by atoms with Crippen LogP contribution in [0.2, 0.25) is 0 Å². The second-order valence-electron chi connectivity index (χ2n) is 2.97. The smallest absolute Gasteiger partial charge is 0.0771 e. The van der Waals surface area contributed by atoms with Crippen molar-refractivity contribution in [1.29, 1.82) is 0 Å². The van der Waals surface area contributed by atoms with E-state index in [2.05, 4.69) is 19.2 Å². The summed E-state index contributed by atoms with van der Waals surface area (Å²) in [5.41, 5.74) is 5.30. The molecule has 0 rings (SSSR count). The fourth-order valence-electron chi connectivity index (χ4n) is 0.796.